The highest BCUT2D eigenvalue weighted by atomic mass is 35.5. The summed E-state index contributed by atoms with van der Waals surface area (Å²) in [6, 6.07) is 5.68. The molecule has 4 N–H and O–H groups in total. The Hall–Kier alpha value is -1.52. The molecular weight excluding hydrogens is 214 g/mol. The second kappa shape index (κ2) is 3.92. The summed E-state index contributed by atoms with van der Waals surface area (Å²) in [6.45, 7) is 0. The number of hydrazine groups is 1. The molecule has 0 aliphatic carbocycles. The van der Waals surface area contributed by atoms with Crippen LogP contribution >= 0.6 is 11.6 Å². The summed E-state index contributed by atoms with van der Waals surface area (Å²) >= 11 is 5.72. The molecule has 4 nitrogen and oxygen atoms in total. The molecule has 0 atom stereocenters. The Balaban J connectivity index is 2.61. The number of carbonyl (C=O) groups excluding carboxylic acids is 1. The van der Waals surface area contributed by atoms with E-state index in [1.54, 1.807) is 6.20 Å². The lowest BCUT2D eigenvalue weighted by molar-refractivity contribution is 0.0955. The Morgan fingerprint density at radius 2 is 2.33 bits per heavy atom. The van der Waals surface area contributed by atoms with Gasteiger partial charge in [-0.3, -0.25) is 10.2 Å². The van der Waals surface area contributed by atoms with Gasteiger partial charge >= 0.3 is 0 Å². The van der Waals surface area contributed by atoms with E-state index < -0.39 is 0 Å². The summed E-state index contributed by atoms with van der Waals surface area (Å²) < 4.78 is 0. The number of hydrogen-bond acceptors (Lipinski definition) is 2. The predicted molar refractivity (Wildman–Crippen MR) is 59.5 cm³/mol. The van der Waals surface area contributed by atoms with Gasteiger partial charge < -0.3 is 4.98 Å². The molecule has 15 heavy (non-hydrogen) atoms. The molecule has 1 amide bonds. The Kier molecular flexibility index (Phi) is 2.62. The van der Waals surface area contributed by atoms with Gasteiger partial charge in [0.15, 0.2) is 0 Å². The second-order valence-electron chi connectivity index (χ2n) is 3.19. The Morgan fingerprint density at radius 1 is 1.53 bits per heavy atom. The average Bonchev–Trinajstić information content (AvgIpc) is 2.70. The summed E-state index contributed by atoms with van der Waals surface area (Å²) in [6.07, 6.45) is 1.63. The third-order valence-corrected chi connectivity index (χ3v) is 2.58. The van der Waals surface area contributed by atoms with E-state index in [1.807, 2.05) is 18.2 Å². The van der Waals surface area contributed by atoms with Crippen LogP contribution in [0.1, 0.15) is 15.9 Å². The number of rotatable bonds is 2. The number of carbonyl (C=O) groups is 1. The Morgan fingerprint density at radius 3 is 3.00 bits per heavy atom. The number of nitrogen functional groups attached to an aromatic ring is 1. The number of fused-ring (bicyclic) bond motifs is 1. The molecule has 0 spiro atoms. The number of nitrogens with two attached hydrogens (primary N) is 1. The standard InChI is InChI=1S/C10H10ClN3O/c11-4-6-1-2-9-7(3-6)8(5-13-9)10(15)14-12/h1-3,5,13H,4,12H2,(H,14,15). The smallest absolute Gasteiger partial charge is 0.267 e. The molecule has 1 aromatic heterocycles. The van der Waals surface area contributed by atoms with Crippen molar-refractivity contribution in [3.8, 4) is 0 Å². The highest BCUT2D eigenvalue weighted by molar-refractivity contribution is 6.17. The van der Waals surface area contributed by atoms with Gasteiger partial charge in [0.25, 0.3) is 5.91 Å². The fraction of sp³-hybridized carbons (Fsp3) is 0.100. The van der Waals surface area contributed by atoms with E-state index in [1.165, 1.54) is 0 Å². The van der Waals surface area contributed by atoms with Crippen molar-refractivity contribution < 1.29 is 4.79 Å². The lowest BCUT2D eigenvalue weighted by Crippen LogP contribution is -2.29. The topological polar surface area (TPSA) is 70.9 Å². The fourth-order valence-corrected chi connectivity index (χ4v) is 1.68. The van der Waals surface area contributed by atoms with Gasteiger partial charge in [-0.05, 0) is 17.7 Å². The fourth-order valence-electron chi connectivity index (χ4n) is 1.52. The van der Waals surface area contributed by atoms with E-state index >= 15 is 0 Å². The van der Waals surface area contributed by atoms with Gasteiger partial charge in [0, 0.05) is 23.0 Å². The molecule has 0 radical (unpaired) electrons. The molecule has 0 bridgehead atoms. The maximum atomic E-state index is 11.4. The molecule has 0 fully saturated rings. The molecule has 0 aliphatic rings. The number of hydrogen-bond donors (Lipinski definition) is 3. The highest BCUT2D eigenvalue weighted by Gasteiger charge is 2.10. The maximum Gasteiger partial charge on any atom is 0.267 e. The van der Waals surface area contributed by atoms with Crippen LogP contribution in [0.5, 0.6) is 0 Å². The normalized spacial score (nSPS) is 10.5. The van der Waals surface area contributed by atoms with Crippen molar-refractivity contribution in [2.45, 2.75) is 5.88 Å². The first-order valence-corrected chi connectivity index (χ1v) is 4.96. The molecule has 5 heteroatoms. The predicted octanol–water partition coefficient (Wildman–Crippen LogP) is 1.51. The first kappa shape index (κ1) is 10.0. The molecule has 78 valence electrons. The van der Waals surface area contributed by atoms with E-state index in [-0.39, 0.29) is 5.91 Å². The minimum Gasteiger partial charge on any atom is -0.360 e. The Bertz CT molecular complexity index is 506. The van der Waals surface area contributed by atoms with E-state index in [2.05, 4.69) is 10.4 Å². The summed E-state index contributed by atoms with van der Waals surface area (Å²) in [4.78, 5) is 14.4. The van der Waals surface area contributed by atoms with Crippen LogP contribution in [-0.4, -0.2) is 10.9 Å². The number of alkyl halides is 1. The molecule has 2 rings (SSSR count). The number of aromatic nitrogens is 1. The van der Waals surface area contributed by atoms with Crippen LogP contribution in [0.2, 0.25) is 0 Å². The van der Waals surface area contributed by atoms with Crippen LogP contribution in [0.4, 0.5) is 0 Å². The second-order valence-corrected chi connectivity index (χ2v) is 3.46. The largest absolute Gasteiger partial charge is 0.360 e. The molecule has 0 aliphatic heterocycles. The van der Waals surface area contributed by atoms with E-state index in [0.717, 1.165) is 16.5 Å². The van der Waals surface area contributed by atoms with E-state index in [0.29, 0.717) is 11.4 Å². The van der Waals surface area contributed by atoms with Gasteiger partial charge in [-0.15, -0.1) is 11.6 Å². The molecule has 0 saturated carbocycles. The third kappa shape index (κ3) is 1.69. The molecule has 0 saturated heterocycles. The van der Waals surface area contributed by atoms with E-state index in [4.69, 9.17) is 17.4 Å². The van der Waals surface area contributed by atoms with Crippen molar-refractivity contribution in [3.63, 3.8) is 0 Å². The molecule has 1 aromatic carbocycles. The monoisotopic (exact) mass is 223 g/mol. The van der Waals surface area contributed by atoms with Crippen molar-refractivity contribution in [2.75, 3.05) is 0 Å². The summed E-state index contributed by atoms with van der Waals surface area (Å²) in [7, 11) is 0. The molecule has 2 aromatic rings. The summed E-state index contributed by atoms with van der Waals surface area (Å²) in [5.74, 6) is 5.19. The SMILES string of the molecule is NNC(=O)c1c[nH]c2ccc(CCl)cc12. The number of H-pyrrole nitrogens is 1. The van der Waals surface area contributed by atoms with Crippen molar-refractivity contribution in [2.24, 2.45) is 5.84 Å². The van der Waals surface area contributed by atoms with Gasteiger partial charge in [0.2, 0.25) is 0 Å². The van der Waals surface area contributed by atoms with Gasteiger partial charge in [-0.1, -0.05) is 6.07 Å². The number of amides is 1. The zero-order valence-corrected chi connectivity index (χ0v) is 8.64. The molecular formula is C10H10ClN3O. The minimum atomic E-state index is -0.312. The number of aromatic amines is 1. The van der Waals surface area contributed by atoms with Crippen LogP contribution in [0, 0.1) is 0 Å². The van der Waals surface area contributed by atoms with Gasteiger partial charge in [0.1, 0.15) is 0 Å². The van der Waals surface area contributed by atoms with Crippen LogP contribution in [0.3, 0.4) is 0 Å². The highest BCUT2D eigenvalue weighted by Crippen LogP contribution is 2.20. The third-order valence-electron chi connectivity index (χ3n) is 2.28. The van der Waals surface area contributed by atoms with Gasteiger partial charge in [-0.25, -0.2) is 5.84 Å². The van der Waals surface area contributed by atoms with Crippen LogP contribution in [0.25, 0.3) is 10.9 Å². The average molecular weight is 224 g/mol. The van der Waals surface area contributed by atoms with Crippen LogP contribution in [0.15, 0.2) is 24.4 Å². The van der Waals surface area contributed by atoms with Crippen LogP contribution < -0.4 is 11.3 Å². The molecule has 0 unspecified atom stereocenters. The van der Waals surface area contributed by atoms with Crippen molar-refractivity contribution in [1.29, 1.82) is 0 Å². The Labute approximate surface area is 91.4 Å². The van der Waals surface area contributed by atoms with Gasteiger partial charge in [-0.2, -0.15) is 0 Å². The van der Waals surface area contributed by atoms with Gasteiger partial charge in [0.05, 0.1) is 5.56 Å². The zero-order chi connectivity index (χ0) is 10.8. The van der Waals surface area contributed by atoms with Crippen molar-refractivity contribution in [3.05, 3.63) is 35.5 Å². The zero-order valence-electron chi connectivity index (χ0n) is 7.88. The van der Waals surface area contributed by atoms with Crippen molar-refractivity contribution >= 4 is 28.4 Å². The minimum absolute atomic E-state index is 0.312. The summed E-state index contributed by atoms with van der Waals surface area (Å²) in [5, 5.41) is 0.830. The first-order valence-electron chi connectivity index (χ1n) is 4.43. The molecule has 1 heterocycles. The quantitative estimate of drug-likeness (QED) is 0.313. The van der Waals surface area contributed by atoms with Crippen LogP contribution in [-0.2, 0) is 5.88 Å². The lowest BCUT2D eigenvalue weighted by Gasteiger charge is -1.99. The maximum absolute atomic E-state index is 11.4. The number of benzene rings is 1. The summed E-state index contributed by atoms with van der Waals surface area (Å²) in [5.41, 5.74) is 4.49. The lowest BCUT2D eigenvalue weighted by atomic mass is 10.1. The first-order chi connectivity index (χ1) is 7.26. The van der Waals surface area contributed by atoms with Crippen molar-refractivity contribution in [1.82, 2.24) is 10.4 Å². The number of nitrogens with one attached hydrogen (secondary N) is 2. The number of halogens is 1. The van der Waals surface area contributed by atoms with E-state index in [9.17, 15) is 4.79 Å².